The maximum Gasteiger partial charge on any atom is 0.267 e. The smallest absolute Gasteiger partial charge is 0.267 e. The first-order valence-electron chi connectivity index (χ1n) is 5.93. The molecule has 0 saturated heterocycles. The van der Waals surface area contributed by atoms with Gasteiger partial charge in [-0.25, -0.2) is 0 Å². The molecule has 0 aromatic rings. The Morgan fingerprint density at radius 1 is 1.56 bits per heavy atom. The van der Waals surface area contributed by atoms with Crippen molar-refractivity contribution in [3.63, 3.8) is 0 Å². The molecule has 0 atom stereocenters. The Hall–Kier alpha value is -1.44. The van der Waals surface area contributed by atoms with E-state index < -0.39 is 0 Å². The Morgan fingerprint density at radius 3 is 3.00 bits per heavy atom. The van der Waals surface area contributed by atoms with Crippen LogP contribution in [0.3, 0.4) is 0 Å². The van der Waals surface area contributed by atoms with Crippen LogP contribution in [0.4, 0.5) is 0 Å². The lowest BCUT2D eigenvalue weighted by Crippen LogP contribution is -2.42. The molecule has 0 spiro atoms. The Balaban J connectivity index is 2.34. The van der Waals surface area contributed by atoms with E-state index >= 15 is 0 Å². The van der Waals surface area contributed by atoms with Crippen LogP contribution in [-0.4, -0.2) is 56.5 Å². The van der Waals surface area contributed by atoms with Crippen molar-refractivity contribution in [3.05, 3.63) is 11.9 Å². The summed E-state index contributed by atoms with van der Waals surface area (Å²) in [4.78, 5) is 21.0. The number of amides is 1. The summed E-state index contributed by atoms with van der Waals surface area (Å²) < 4.78 is 0. The van der Waals surface area contributed by atoms with Crippen LogP contribution in [-0.2, 0) is 9.63 Å². The average molecular weight is 255 g/mol. The fraction of sp³-hybridized carbons (Fsp3) is 0.636. The van der Waals surface area contributed by atoms with Gasteiger partial charge in [0.15, 0.2) is 0 Å². The van der Waals surface area contributed by atoms with Gasteiger partial charge in [0.25, 0.3) is 5.91 Å². The van der Waals surface area contributed by atoms with E-state index in [0.717, 1.165) is 12.2 Å². The number of aliphatic imine (C=N–C) groups is 1. The van der Waals surface area contributed by atoms with Gasteiger partial charge in [-0.1, -0.05) is 0 Å². The van der Waals surface area contributed by atoms with Crippen LogP contribution in [0.5, 0.6) is 0 Å². The van der Waals surface area contributed by atoms with Gasteiger partial charge >= 0.3 is 0 Å². The number of allylic oxidation sites excluding steroid dienone is 1. The minimum atomic E-state index is -0.171. The molecule has 1 aliphatic rings. The Morgan fingerprint density at radius 2 is 2.33 bits per heavy atom. The van der Waals surface area contributed by atoms with Crippen molar-refractivity contribution in [2.45, 2.75) is 6.92 Å². The molecule has 7 heteroatoms. The summed E-state index contributed by atoms with van der Waals surface area (Å²) in [7, 11) is 1.56. The number of hydrogen-bond acceptors (Lipinski definition) is 6. The van der Waals surface area contributed by atoms with Crippen molar-refractivity contribution in [2.75, 3.05) is 39.8 Å². The van der Waals surface area contributed by atoms with Crippen LogP contribution in [0.1, 0.15) is 6.92 Å². The molecule has 0 aromatic heterocycles. The molecule has 0 saturated carbocycles. The third-order valence-electron chi connectivity index (χ3n) is 2.48. The van der Waals surface area contributed by atoms with E-state index in [1.165, 1.54) is 0 Å². The summed E-state index contributed by atoms with van der Waals surface area (Å²) in [6.07, 6.45) is 1.62. The Labute approximate surface area is 107 Å². The fourth-order valence-corrected chi connectivity index (χ4v) is 1.47. The lowest BCUT2D eigenvalue weighted by Gasteiger charge is -2.25. The fourth-order valence-electron chi connectivity index (χ4n) is 1.47. The van der Waals surface area contributed by atoms with Crippen LogP contribution in [0.2, 0.25) is 0 Å². The topological polar surface area (TPSA) is 92.0 Å². The second-order valence-corrected chi connectivity index (χ2v) is 3.86. The number of hydrogen-bond donors (Lipinski definition) is 3. The molecular weight excluding hydrogens is 234 g/mol. The van der Waals surface area contributed by atoms with Gasteiger partial charge in [-0.05, 0) is 6.92 Å². The predicted molar refractivity (Wildman–Crippen MR) is 69.8 cm³/mol. The number of rotatable bonds is 7. The highest BCUT2D eigenvalue weighted by Gasteiger charge is 2.19. The van der Waals surface area contributed by atoms with E-state index in [1.54, 1.807) is 18.4 Å². The van der Waals surface area contributed by atoms with E-state index in [2.05, 4.69) is 15.6 Å². The largest absolute Gasteiger partial charge is 0.350 e. The number of carbonyl (C=O) groups is 1. The van der Waals surface area contributed by atoms with Crippen LogP contribution in [0.15, 0.2) is 16.9 Å². The number of carbonyl (C=O) groups excluding carboxylic acids is 1. The second kappa shape index (κ2) is 7.80. The maximum atomic E-state index is 11.8. The zero-order chi connectivity index (χ0) is 13.4. The van der Waals surface area contributed by atoms with E-state index in [-0.39, 0.29) is 5.91 Å². The summed E-state index contributed by atoms with van der Waals surface area (Å²) in [5.74, 6) is -0.171. The summed E-state index contributed by atoms with van der Waals surface area (Å²) in [6.45, 7) is 4.82. The van der Waals surface area contributed by atoms with E-state index in [9.17, 15) is 4.79 Å². The molecule has 18 heavy (non-hydrogen) atoms. The van der Waals surface area contributed by atoms with Crippen LogP contribution in [0.25, 0.3) is 0 Å². The van der Waals surface area contributed by atoms with Crippen molar-refractivity contribution in [1.29, 1.82) is 0 Å². The van der Waals surface area contributed by atoms with Gasteiger partial charge in [0.05, 0.1) is 19.4 Å². The summed E-state index contributed by atoms with van der Waals surface area (Å²) >= 11 is 0. The van der Waals surface area contributed by atoms with Crippen molar-refractivity contribution < 1.29 is 9.63 Å². The molecular formula is C11H21N5O2. The molecule has 4 N–H and O–H groups in total. The number of nitrogens with one attached hydrogen (secondary N) is 2. The van der Waals surface area contributed by atoms with Gasteiger partial charge in [0, 0.05) is 32.4 Å². The summed E-state index contributed by atoms with van der Waals surface area (Å²) in [5, 5.41) is 7.50. The van der Waals surface area contributed by atoms with E-state index in [1.807, 2.05) is 6.92 Å². The van der Waals surface area contributed by atoms with Gasteiger partial charge in [0.1, 0.15) is 5.71 Å². The van der Waals surface area contributed by atoms with Crippen molar-refractivity contribution in [2.24, 2.45) is 10.7 Å². The first-order valence-corrected chi connectivity index (χ1v) is 5.93. The van der Waals surface area contributed by atoms with Gasteiger partial charge in [-0.3, -0.25) is 19.7 Å². The zero-order valence-electron chi connectivity index (χ0n) is 10.9. The quantitative estimate of drug-likeness (QED) is 0.499. The van der Waals surface area contributed by atoms with Gasteiger partial charge in [-0.2, -0.15) is 0 Å². The number of nitrogens with two attached hydrogens (primary N) is 1. The molecule has 7 nitrogen and oxygen atoms in total. The van der Waals surface area contributed by atoms with E-state index in [4.69, 9.17) is 10.6 Å². The SMILES string of the molecule is CON1CC(C(=O)NCCNCCN)=NC=C1C. The first kappa shape index (κ1) is 14.6. The molecule has 1 heterocycles. The minimum Gasteiger partial charge on any atom is -0.350 e. The first-order chi connectivity index (χ1) is 8.69. The third-order valence-corrected chi connectivity index (χ3v) is 2.48. The molecule has 0 aromatic carbocycles. The predicted octanol–water partition coefficient (Wildman–Crippen LogP) is -1.17. The summed E-state index contributed by atoms with van der Waals surface area (Å²) in [5.41, 5.74) is 6.66. The lowest BCUT2D eigenvalue weighted by molar-refractivity contribution is -0.116. The third kappa shape index (κ3) is 4.44. The highest BCUT2D eigenvalue weighted by molar-refractivity contribution is 6.40. The Bertz CT molecular complexity index is 340. The molecule has 0 bridgehead atoms. The number of hydroxylamine groups is 2. The van der Waals surface area contributed by atoms with E-state index in [0.29, 0.717) is 31.9 Å². The lowest BCUT2D eigenvalue weighted by atomic mass is 10.3. The molecule has 0 fully saturated rings. The van der Waals surface area contributed by atoms with Crippen LogP contribution in [0, 0.1) is 0 Å². The van der Waals surface area contributed by atoms with Crippen molar-refractivity contribution in [1.82, 2.24) is 15.7 Å². The molecule has 1 rings (SSSR count). The number of nitrogens with zero attached hydrogens (tertiary/aromatic N) is 2. The Kier molecular flexibility index (Phi) is 6.34. The van der Waals surface area contributed by atoms with Crippen molar-refractivity contribution in [3.8, 4) is 0 Å². The maximum absolute atomic E-state index is 11.8. The molecule has 102 valence electrons. The normalized spacial score (nSPS) is 15.2. The van der Waals surface area contributed by atoms with Gasteiger partial charge in [0.2, 0.25) is 0 Å². The molecule has 0 aliphatic carbocycles. The van der Waals surface area contributed by atoms with Gasteiger partial charge < -0.3 is 16.4 Å². The molecule has 0 radical (unpaired) electrons. The van der Waals surface area contributed by atoms with Crippen LogP contribution < -0.4 is 16.4 Å². The second-order valence-electron chi connectivity index (χ2n) is 3.86. The zero-order valence-corrected chi connectivity index (χ0v) is 10.9. The molecule has 1 aliphatic heterocycles. The monoisotopic (exact) mass is 255 g/mol. The summed E-state index contributed by atoms with van der Waals surface area (Å²) in [6, 6.07) is 0. The molecule has 1 amide bonds. The highest BCUT2D eigenvalue weighted by Crippen LogP contribution is 2.08. The van der Waals surface area contributed by atoms with Crippen molar-refractivity contribution >= 4 is 11.6 Å². The standard InChI is InChI=1S/C11H21N5O2/c1-9-7-15-10(8-16(9)18-2)11(17)14-6-5-13-4-3-12/h7,13H,3-6,8,12H2,1-2H3,(H,14,17). The molecule has 0 unspecified atom stereocenters. The highest BCUT2D eigenvalue weighted by atomic mass is 16.7. The van der Waals surface area contributed by atoms with Gasteiger partial charge in [-0.15, -0.1) is 0 Å². The minimum absolute atomic E-state index is 0.171. The van der Waals surface area contributed by atoms with Crippen LogP contribution >= 0.6 is 0 Å². The average Bonchev–Trinajstić information content (AvgIpc) is 2.38.